The molecule has 2 aromatic rings. The van der Waals surface area contributed by atoms with Crippen LogP contribution in [0.25, 0.3) is 0 Å². The molecule has 6 nitrogen and oxygen atoms in total. The van der Waals surface area contributed by atoms with Gasteiger partial charge in [-0.2, -0.15) is 0 Å². The van der Waals surface area contributed by atoms with Crippen molar-refractivity contribution in [2.45, 2.75) is 4.90 Å². The lowest BCUT2D eigenvalue weighted by Gasteiger charge is -2.10. The smallest absolute Gasteiger partial charge is 0.251 e. The fraction of sp³-hybridized carbons (Fsp3) is 0.235. The number of halogens is 1. The zero-order valence-electron chi connectivity index (χ0n) is 13.8. The Kier molecular flexibility index (Phi) is 5.97. The van der Waals surface area contributed by atoms with Crippen LogP contribution in [-0.2, 0) is 9.84 Å². The van der Waals surface area contributed by atoms with Crippen LogP contribution in [0.5, 0.6) is 11.5 Å². The number of carbonyl (C=O) groups is 1. The van der Waals surface area contributed by atoms with Crippen LogP contribution in [0.1, 0.15) is 10.4 Å². The molecule has 0 saturated carbocycles. The molecule has 0 aliphatic heterocycles. The standard InChI is InChI=1S/C17H18FNO5S/c1-23-15-8-3-12(11-16(15)24-2)17(20)19-9-10-25(21,22)14-6-4-13(18)5-7-14/h3-8,11H,9-10H2,1-2H3,(H,19,20). The van der Waals surface area contributed by atoms with Crippen molar-refractivity contribution < 1.29 is 27.1 Å². The van der Waals surface area contributed by atoms with Gasteiger partial charge in [0.1, 0.15) is 5.82 Å². The van der Waals surface area contributed by atoms with Gasteiger partial charge in [0, 0.05) is 12.1 Å². The van der Waals surface area contributed by atoms with Gasteiger partial charge in [0.2, 0.25) is 0 Å². The van der Waals surface area contributed by atoms with Gasteiger partial charge in [-0.05, 0) is 42.5 Å². The van der Waals surface area contributed by atoms with Crippen molar-refractivity contribution in [3.8, 4) is 11.5 Å². The molecule has 8 heteroatoms. The van der Waals surface area contributed by atoms with Crippen molar-refractivity contribution >= 4 is 15.7 Å². The fourth-order valence-electron chi connectivity index (χ4n) is 2.14. The van der Waals surface area contributed by atoms with Crippen molar-refractivity contribution in [1.29, 1.82) is 0 Å². The Morgan fingerprint density at radius 3 is 2.28 bits per heavy atom. The van der Waals surface area contributed by atoms with E-state index in [1.807, 2.05) is 0 Å². The van der Waals surface area contributed by atoms with E-state index in [-0.39, 0.29) is 17.2 Å². The summed E-state index contributed by atoms with van der Waals surface area (Å²) in [4.78, 5) is 12.1. The van der Waals surface area contributed by atoms with Gasteiger partial charge in [0.25, 0.3) is 5.91 Å². The van der Waals surface area contributed by atoms with Gasteiger partial charge in [0.15, 0.2) is 21.3 Å². The first-order valence-electron chi connectivity index (χ1n) is 7.36. The molecule has 0 heterocycles. The lowest BCUT2D eigenvalue weighted by molar-refractivity contribution is 0.0955. The highest BCUT2D eigenvalue weighted by atomic mass is 32.2. The molecule has 2 rings (SSSR count). The van der Waals surface area contributed by atoms with Gasteiger partial charge < -0.3 is 14.8 Å². The Morgan fingerprint density at radius 2 is 1.68 bits per heavy atom. The topological polar surface area (TPSA) is 81.7 Å². The van der Waals surface area contributed by atoms with Crippen LogP contribution < -0.4 is 14.8 Å². The Morgan fingerprint density at radius 1 is 1.04 bits per heavy atom. The maximum absolute atomic E-state index is 12.9. The Balaban J connectivity index is 1.99. The Hall–Kier alpha value is -2.61. The summed E-state index contributed by atoms with van der Waals surface area (Å²) in [6.07, 6.45) is 0. The molecule has 0 aromatic heterocycles. The molecule has 0 spiro atoms. The average molecular weight is 367 g/mol. The van der Waals surface area contributed by atoms with Gasteiger partial charge >= 0.3 is 0 Å². The number of methoxy groups -OCH3 is 2. The van der Waals surface area contributed by atoms with Crippen molar-refractivity contribution in [3.63, 3.8) is 0 Å². The maximum Gasteiger partial charge on any atom is 0.251 e. The number of nitrogens with one attached hydrogen (secondary N) is 1. The lowest BCUT2D eigenvalue weighted by atomic mass is 10.2. The zero-order valence-corrected chi connectivity index (χ0v) is 14.6. The summed E-state index contributed by atoms with van der Waals surface area (Å²) in [5, 5.41) is 2.54. The minimum atomic E-state index is -3.60. The van der Waals surface area contributed by atoms with Crippen molar-refractivity contribution in [2.24, 2.45) is 0 Å². The first-order chi connectivity index (χ1) is 11.9. The second-order valence-corrected chi connectivity index (χ2v) is 7.21. The third-order valence-corrected chi connectivity index (χ3v) is 5.21. The maximum atomic E-state index is 12.9. The normalized spacial score (nSPS) is 11.0. The number of rotatable bonds is 7. The predicted molar refractivity (Wildman–Crippen MR) is 90.3 cm³/mol. The third-order valence-electron chi connectivity index (χ3n) is 3.47. The molecule has 25 heavy (non-hydrogen) atoms. The molecule has 0 radical (unpaired) electrons. The summed E-state index contributed by atoms with van der Waals surface area (Å²) >= 11 is 0. The summed E-state index contributed by atoms with van der Waals surface area (Å²) in [5.74, 6) is -0.361. The largest absolute Gasteiger partial charge is 0.493 e. The molecule has 1 amide bonds. The van der Waals surface area contributed by atoms with E-state index in [9.17, 15) is 17.6 Å². The molecule has 0 unspecified atom stereocenters. The summed E-state index contributed by atoms with van der Waals surface area (Å²) < 4.78 is 47.3. The van der Waals surface area contributed by atoms with Gasteiger partial charge in [-0.3, -0.25) is 4.79 Å². The molecule has 0 atom stereocenters. The van der Waals surface area contributed by atoms with Gasteiger partial charge in [0.05, 0.1) is 24.9 Å². The van der Waals surface area contributed by atoms with Crippen molar-refractivity contribution in [1.82, 2.24) is 5.32 Å². The first kappa shape index (κ1) is 18.7. The third kappa shape index (κ3) is 4.69. The molecule has 0 saturated heterocycles. The number of amides is 1. The SMILES string of the molecule is COc1ccc(C(=O)NCCS(=O)(=O)c2ccc(F)cc2)cc1OC. The van der Waals surface area contributed by atoms with E-state index in [2.05, 4.69) is 5.32 Å². The van der Waals surface area contributed by atoms with Crippen LogP contribution in [0.2, 0.25) is 0 Å². The van der Waals surface area contributed by atoms with Crippen LogP contribution in [0.3, 0.4) is 0 Å². The quantitative estimate of drug-likeness (QED) is 0.758. The van der Waals surface area contributed by atoms with Crippen LogP contribution in [0, 0.1) is 5.82 Å². The molecule has 0 bridgehead atoms. The summed E-state index contributed by atoms with van der Waals surface area (Å²) in [6.45, 7) is -0.0765. The molecule has 0 fully saturated rings. The van der Waals surface area contributed by atoms with E-state index in [1.54, 1.807) is 12.1 Å². The number of hydrogen-bond acceptors (Lipinski definition) is 5. The number of sulfone groups is 1. The van der Waals surface area contributed by atoms with Crippen molar-refractivity contribution in [3.05, 3.63) is 53.8 Å². The molecule has 0 aliphatic carbocycles. The summed E-state index contributed by atoms with van der Waals surface area (Å²) in [7, 11) is -0.667. The van der Waals surface area contributed by atoms with Crippen LogP contribution in [0.4, 0.5) is 4.39 Å². The number of hydrogen-bond donors (Lipinski definition) is 1. The fourth-order valence-corrected chi connectivity index (χ4v) is 3.30. The van der Waals surface area contributed by atoms with Crippen LogP contribution >= 0.6 is 0 Å². The highest BCUT2D eigenvalue weighted by Gasteiger charge is 2.16. The summed E-state index contributed by atoms with van der Waals surface area (Å²) in [5.41, 5.74) is 0.317. The van der Waals surface area contributed by atoms with Crippen LogP contribution in [-0.4, -0.2) is 40.8 Å². The second-order valence-electron chi connectivity index (χ2n) is 5.10. The predicted octanol–water partition coefficient (Wildman–Crippen LogP) is 2.05. The minimum Gasteiger partial charge on any atom is -0.493 e. The Labute approximate surface area is 145 Å². The molecule has 0 aliphatic rings. The average Bonchev–Trinajstić information content (AvgIpc) is 2.61. The summed E-state index contributed by atoms with van der Waals surface area (Å²) in [6, 6.07) is 9.18. The molecule has 2 aromatic carbocycles. The van der Waals surface area contributed by atoms with E-state index < -0.39 is 21.6 Å². The molecular weight excluding hydrogens is 349 g/mol. The molecular formula is C17H18FNO5S. The van der Waals surface area contributed by atoms with E-state index in [0.29, 0.717) is 17.1 Å². The van der Waals surface area contributed by atoms with Gasteiger partial charge in [-0.15, -0.1) is 0 Å². The number of ether oxygens (including phenoxy) is 2. The van der Waals surface area contributed by atoms with Crippen LogP contribution in [0.15, 0.2) is 47.4 Å². The monoisotopic (exact) mass is 367 g/mol. The minimum absolute atomic E-state index is 0.00858. The van der Waals surface area contributed by atoms with Crippen molar-refractivity contribution in [2.75, 3.05) is 26.5 Å². The van der Waals surface area contributed by atoms with E-state index in [4.69, 9.17) is 9.47 Å². The van der Waals surface area contributed by atoms with E-state index in [1.165, 1.54) is 32.4 Å². The highest BCUT2D eigenvalue weighted by Crippen LogP contribution is 2.27. The first-order valence-corrected chi connectivity index (χ1v) is 9.01. The lowest BCUT2D eigenvalue weighted by Crippen LogP contribution is -2.29. The Bertz CT molecular complexity index is 850. The van der Waals surface area contributed by atoms with Gasteiger partial charge in [-0.25, -0.2) is 12.8 Å². The van der Waals surface area contributed by atoms with E-state index in [0.717, 1.165) is 12.1 Å². The van der Waals surface area contributed by atoms with Gasteiger partial charge in [-0.1, -0.05) is 0 Å². The second kappa shape index (κ2) is 7.98. The zero-order chi connectivity index (χ0) is 18.4. The number of carbonyl (C=O) groups excluding carboxylic acids is 1. The highest BCUT2D eigenvalue weighted by molar-refractivity contribution is 7.91. The number of benzene rings is 2. The molecule has 134 valence electrons. The molecule has 1 N–H and O–H groups in total. The van der Waals surface area contributed by atoms with E-state index >= 15 is 0 Å².